The Labute approximate surface area is 141 Å². The van der Waals surface area contributed by atoms with Crippen LogP contribution in [0.25, 0.3) is 0 Å². The highest BCUT2D eigenvalue weighted by atomic mass is 16.2. The van der Waals surface area contributed by atoms with Crippen LogP contribution in [0.1, 0.15) is 47.5 Å². The van der Waals surface area contributed by atoms with E-state index in [9.17, 15) is 4.79 Å². The van der Waals surface area contributed by atoms with Crippen molar-refractivity contribution >= 4 is 5.91 Å². The molecule has 1 aromatic carbocycles. The fraction of sp³-hybridized carbons (Fsp3) is 0.211. The van der Waals surface area contributed by atoms with Crippen molar-refractivity contribution in [1.82, 2.24) is 20.1 Å². The predicted octanol–water partition coefficient (Wildman–Crippen LogP) is 3.38. The number of benzene rings is 1. The maximum absolute atomic E-state index is 12.6. The van der Waals surface area contributed by atoms with Crippen LogP contribution >= 0.6 is 0 Å². The van der Waals surface area contributed by atoms with Gasteiger partial charge < -0.3 is 5.32 Å². The normalized spacial score (nSPS) is 12.1. The van der Waals surface area contributed by atoms with Gasteiger partial charge in [0.15, 0.2) is 0 Å². The van der Waals surface area contributed by atoms with Crippen molar-refractivity contribution in [2.45, 2.75) is 25.9 Å². The van der Waals surface area contributed by atoms with Crippen molar-refractivity contribution < 1.29 is 4.79 Å². The lowest BCUT2D eigenvalue weighted by molar-refractivity contribution is 0.0937. The van der Waals surface area contributed by atoms with Crippen molar-refractivity contribution in [3.8, 4) is 0 Å². The molecule has 1 amide bonds. The number of carbonyl (C=O) groups excluding carboxylic acids is 1. The summed E-state index contributed by atoms with van der Waals surface area (Å²) in [5.74, 6) is -0.194. The zero-order chi connectivity index (χ0) is 16.9. The van der Waals surface area contributed by atoms with E-state index in [0.717, 1.165) is 11.1 Å². The van der Waals surface area contributed by atoms with Crippen LogP contribution in [0.2, 0.25) is 0 Å². The zero-order valence-electron chi connectivity index (χ0n) is 13.8. The number of carbonyl (C=O) groups is 1. The number of amides is 1. The lowest BCUT2D eigenvalue weighted by Crippen LogP contribution is -2.29. The summed E-state index contributed by atoms with van der Waals surface area (Å²) in [4.78, 5) is 16.7. The van der Waals surface area contributed by atoms with E-state index in [4.69, 9.17) is 0 Å². The molecule has 0 bridgehead atoms. The molecule has 3 rings (SSSR count). The van der Waals surface area contributed by atoms with Crippen LogP contribution in [0.15, 0.2) is 67.1 Å². The van der Waals surface area contributed by atoms with Crippen LogP contribution in [-0.4, -0.2) is 20.7 Å². The summed E-state index contributed by atoms with van der Waals surface area (Å²) in [6.07, 6.45) is 5.28. The lowest BCUT2D eigenvalue weighted by atomic mass is 9.99. The minimum absolute atomic E-state index is 0.194. The van der Waals surface area contributed by atoms with Crippen LogP contribution < -0.4 is 5.32 Å². The number of nitrogens with one attached hydrogen (secondary N) is 1. The van der Waals surface area contributed by atoms with E-state index in [0.29, 0.717) is 5.69 Å². The number of hydrogen-bond donors (Lipinski definition) is 1. The Morgan fingerprint density at radius 1 is 1.00 bits per heavy atom. The second-order valence-electron chi connectivity index (χ2n) is 5.87. The third kappa shape index (κ3) is 3.51. The minimum atomic E-state index is -0.245. The average molecular weight is 320 g/mol. The first-order valence-electron chi connectivity index (χ1n) is 7.96. The fourth-order valence-electron chi connectivity index (χ4n) is 2.51. The van der Waals surface area contributed by atoms with Crippen LogP contribution in [-0.2, 0) is 0 Å². The van der Waals surface area contributed by atoms with E-state index in [1.807, 2.05) is 62.5 Å². The van der Waals surface area contributed by atoms with Crippen molar-refractivity contribution in [2.24, 2.45) is 0 Å². The Morgan fingerprint density at radius 2 is 1.67 bits per heavy atom. The van der Waals surface area contributed by atoms with Crippen molar-refractivity contribution in [3.05, 3.63) is 83.9 Å². The quantitative estimate of drug-likeness (QED) is 0.784. The molecule has 0 aliphatic carbocycles. The monoisotopic (exact) mass is 320 g/mol. The molecule has 0 aliphatic heterocycles. The van der Waals surface area contributed by atoms with Gasteiger partial charge in [-0.1, -0.05) is 30.3 Å². The van der Waals surface area contributed by atoms with Gasteiger partial charge in [0.1, 0.15) is 5.69 Å². The summed E-state index contributed by atoms with van der Waals surface area (Å²) in [6.45, 7) is 4.05. The molecule has 0 saturated heterocycles. The first-order valence-corrected chi connectivity index (χ1v) is 7.96. The van der Waals surface area contributed by atoms with Crippen LogP contribution in [0.4, 0.5) is 0 Å². The molecule has 24 heavy (non-hydrogen) atoms. The third-order valence-electron chi connectivity index (χ3n) is 3.82. The highest BCUT2D eigenvalue weighted by molar-refractivity contribution is 5.92. The maximum atomic E-state index is 12.6. The summed E-state index contributed by atoms with van der Waals surface area (Å²) in [5.41, 5.74) is 2.41. The van der Waals surface area contributed by atoms with Gasteiger partial charge in [-0.25, -0.2) is 0 Å². The summed E-state index contributed by atoms with van der Waals surface area (Å²) in [7, 11) is 0. The maximum Gasteiger partial charge on any atom is 0.272 e. The number of rotatable bonds is 5. The van der Waals surface area contributed by atoms with E-state index in [1.54, 1.807) is 23.1 Å². The molecule has 0 fully saturated rings. The van der Waals surface area contributed by atoms with Gasteiger partial charge in [0.2, 0.25) is 0 Å². The topological polar surface area (TPSA) is 59.8 Å². The van der Waals surface area contributed by atoms with Crippen molar-refractivity contribution in [1.29, 1.82) is 0 Å². The molecular weight excluding hydrogens is 300 g/mol. The second kappa shape index (κ2) is 7.08. The van der Waals surface area contributed by atoms with Gasteiger partial charge in [0.25, 0.3) is 5.91 Å². The van der Waals surface area contributed by atoms with Gasteiger partial charge in [-0.15, -0.1) is 0 Å². The Balaban J connectivity index is 1.88. The minimum Gasteiger partial charge on any atom is -0.340 e. The Hall–Kier alpha value is -2.95. The van der Waals surface area contributed by atoms with Gasteiger partial charge in [0.05, 0.1) is 6.04 Å². The first kappa shape index (κ1) is 15.9. The average Bonchev–Trinajstić information content (AvgIpc) is 3.11. The van der Waals surface area contributed by atoms with Gasteiger partial charge in [-0.2, -0.15) is 5.10 Å². The molecule has 122 valence electrons. The zero-order valence-corrected chi connectivity index (χ0v) is 13.8. The largest absolute Gasteiger partial charge is 0.340 e. The van der Waals surface area contributed by atoms with Crippen LogP contribution in [0.3, 0.4) is 0 Å². The Morgan fingerprint density at radius 3 is 2.29 bits per heavy atom. The molecule has 2 aromatic heterocycles. The summed E-state index contributed by atoms with van der Waals surface area (Å²) >= 11 is 0. The number of hydrogen-bond acceptors (Lipinski definition) is 3. The Kier molecular flexibility index (Phi) is 4.70. The third-order valence-corrected chi connectivity index (χ3v) is 3.82. The summed E-state index contributed by atoms with van der Waals surface area (Å²) < 4.78 is 1.78. The van der Waals surface area contributed by atoms with E-state index >= 15 is 0 Å². The van der Waals surface area contributed by atoms with E-state index in [1.165, 1.54) is 0 Å². The van der Waals surface area contributed by atoms with Gasteiger partial charge in [0, 0.05) is 24.6 Å². The van der Waals surface area contributed by atoms with Gasteiger partial charge >= 0.3 is 0 Å². The van der Waals surface area contributed by atoms with Crippen LogP contribution in [0.5, 0.6) is 0 Å². The molecule has 5 heteroatoms. The molecular formula is C19H20N4O. The summed E-state index contributed by atoms with van der Waals surface area (Å²) in [5, 5.41) is 7.42. The number of nitrogens with zero attached hydrogens (tertiary/aromatic N) is 3. The number of pyridine rings is 1. The molecule has 3 aromatic rings. The fourth-order valence-corrected chi connectivity index (χ4v) is 2.51. The van der Waals surface area contributed by atoms with Crippen molar-refractivity contribution in [3.63, 3.8) is 0 Å². The molecule has 0 saturated carbocycles. The molecule has 0 unspecified atom stereocenters. The van der Waals surface area contributed by atoms with Gasteiger partial charge in [-0.3, -0.25) is 14.5 Å². The smallest absolute Gasteiger partial charge is 0.272 e. The molecule has 5 nitrogen and oxygen atoms in total. The standard InChI is InChI=1S/C19H20N4O/c1-14(2)23-13-10-17(22-23)19(24)21-18(15-6-4-3-5-7-15)16-8-11-20-12-9-16/h3-14,18H,1-2H3,(H,21,24)/t18-/m0/s1. The highest BCUT2D eigenvalue weighted by Gasteiger charge is 2.19. The second-order valence-corrected chi connectivity index (χ2v) is 5.87. The van der Waals surface area contributed by atoms with E-state index < -0.39 is 0 Å². The molecule has 0 spiro atoms. The van der Waals surface area contributed by atoms with E-state index in [2.05, 4.69) is 15.4 Å². The highest BCUT2D eigenvalue weighted by Crippen LogP contribution is 2.21. The van der Waals surface area contributed by atoms with E-state index in [-0.39, 0.29) is 18.0 Å². The molecule has 0 radical (unpaired) electrons. The molecule has 2 heterocycles. The first-order chi connectivity index (χ1) is 11.6. The molecule has 1 N–H and O–H groups in total. The van der Waals surface area contributed by atoms with Gasteiger partial charge in [-0.05, 0) is 43.2 Å². The summed E-state index contributed by atoms with van der Waals surface area (Å²) in [6, 6.07) is 15.4. The molecule has 0 aliphatic rings. The number of aromatic nitrogens is 3. The molecule has 1 atom stereocenters. The lowest BCUT2D eigenvalue weighted by Gasteiger charge is -2.19. The SMILES string of the molecule is CC(C)n1ccc(C(=O)N[C@@H](c2ccccc2)c2ccncc2)n1. The van der Waals surface area contributed by atoms with Crippen LogP contribution in [0, 0.1) is 0 Å². The van der Waals surface area contributed by atoms with Crippen molar-refractivity contribution in [2.75, 3.05) is 0 Å². The predicted molar refractivity (Wildman–Crippen MR) is 92.6 cm³/mol. The Bertz CT molecular complexity index is 757.